The maximum Gasteiger partial charge on any atom is 0.278 e. The minimum atomic E-state index is -1.48. The summed E-state index contributed by atoms with van der Waals surface area (Å²) in [4.78, 5) is 27.0. The third-order valence-corrected chi connectivity index (χ3v) is 4.61. The molecule has 1 aromatic rings. The highest BCUT2D eigenvalue weighted by Crippen LogP contribution is 2.35. The second kappa shape index (κ2) is 5.30. The number of likely N-dealkylation sites (tertiary alicyclic amines) is 1. The minimum Gasteiger partial charge on any atom is -0.466 e. The predicted molar refractivity (Wildman–Crippen MR) is 83.8 cm³/mol. The zero-order valence-electron chi connectivity index (χ0n) is 13.3. The molecule has 0 spiro atoms. The summed E-state index contributed by atoms with van der Waals surface area (Å²) in [5.41, 5.74) is 0.174. The Labute approximate surface area is 130 Å². The molecule has 1 unspecified atom stereocenters. The molecule has 3 rings (SSSR count). The van der Waals surface area contributed by atoms with Gasteiger partial charge in [-0.1, -0.05) is 13.0 Å². The van der Waals surface area contributed by atoms with Gasteiger partial charge in [0.2, 0.25) is 0 Å². The van der Waals surface area contributed by atoms with Gasteiger partial charge >= 0.3 is 0 Å². The van der Waals surface area contributed by atoms with Crippen LogP contribution in [0.5, 0.6) is 5.75 Å². The fraction of sp³-hybridized carbons (Fsp3) is 0.529. The number of ether oxygens (including phenoxy) is 1. The van der Waals surface area contributed by atoms with E-state index in [0.29, 0.717) is 30.4 Å². The Morgan fingerprint density at radius 3 is 2.73 bits per heavy atom. The van der Waals surface area contributed by atoms with E-state index in [4.69, 9.17) is 4.74 Å². The molecule has 2 aliphatic rings. The molecule has 2 amide bonds. The average molecular weight is 302 g/mol. The topological polar surface area (TPSA) is 58.6 Å². The van der Waals surface area contributed by atoms with Crippen molar-refractivity contribution in [3.8, 4) is 5.75 Å². The summed E-state index contributed by atoms with van der Waals surface area (Å²) in [6.07, 6.45) is 1.94. The van der Waals surface area contributed by atoms with E-state index in [2.05, 4.69) is 12.2 Å². The summed E-state index contributed by atoms with van der Waals surface area (Å²) < 4.78 is 5.83. The van der Waals surface area contributed by atoms with E-state index in [-0.39, 0.29) is 5.91 Å². The monoisotopic (exact) mass is 302 g/mol. The third-order valence-electron chi connectivity index (χ3n) is 4.61. The molecule has 2 aliphatic heterocycles. The molecule has 0 aromatic heterocycles. The summed E-state index contributed by atoms with van der Waals surface area (Å²) in [5, 5.41) is 2.81. The van der Waals surface area contributed by atoms with Crippen LogP contribution >= 0.6 is 0 Å². The molecule has 118 valence electrons. The van der Waals surface area contributed by atoms with Crippen LogP contribution in [0.15, 0.2) is 18.2 Å². The van der Waals surface area contributed by atoms with Crippen LogP contribution in [0.25, 0.3) is 0 Å². The van der Waals surface area contributed by atoms with Gasteiger partial charge < -0.3 is 15.0 Å². The summed E-state index contributed by atoms with van der Waals surface area (Å²) >= 11 is 0. The first-order valence-corrected chi connectivity index (χ1v) is 7.80. The van der Waals surface area contributed by atoms with E-state index in [9.17, 15) is 9.59 Å². The number of benzene rings is 1. The lowest BCUT2D eigenvalue weighted by Crippen LogP contribution is -2.60. The number of nitrogens with one attached hydrogen (secondary N) is 1. The maximum atomic E-state index is 12.8. The Kier molecular flexibility index (Phi) is 3.59. The Balaban J connectivity index is 1.84. The van der Waals surface area contributed by atoms with E-state index in [0.717, 1.165) is 18.4 Å². The summed E-state index contributed by atoms with van der Waals surface area (Å²) in [6, 6.07) is 5.55. The van der Waals surface area contributed by atoms with Gasteiger partial charge in [0, 0.05) is 13.1 Å². The smallest absolute Gasteiger partial charge is 0.278 e. The zero-order chi connectivity index (χ0) is 15.9. The van der Waals surface area contributed by atoms with Crippen molar-refractivity contribution in [2.75, 3.05) is 18.4 Å². The van der Waals surface area contributed by atoms with Crippen molar-refractivity contribution in [3.05, 3.63) is 23.8 Å². The number of aryl methyl sites for hydroxylation is 1. The molecule has 1 atom stereocenters. The van der Waals surface area contributed by atoms with Gasteiger partial charge in [0.15, 0.2) is 0 Å². The van der Waals surface area contributed by atoms with Gasteiger partial charge in [-0.2, -0.15) is 0 Å². The molecule has 1 N–H and O–H groups in total. The maximum absolute atomic E-state index is 12.8. The molecule has 1 saturated heterocycles. The van der Waals surface area contributed by atoms with Crippen molar-refractivity contribution in [1.82, 2.24) is 4.90 Å². The highest BCUT2D eigenvalue weighted by atomic mass is 16.5. The molecular weight excluding hydrogens is 280 g/mol. The normalized spacial score (nSPS) is 25.2. The van der Waals surface area contributed by atoms with Gasteiger partial charge in [-0.15, -0.1) is 0 Å². The van der Waals surface area contributed by atoms with Crippen LogP contribution < -0.4 is 10.1 Å². The highest BCUT2D eigenvalue weighted by molar-refractivity contribution is 6.15. The molecule has 22 heavy (non-hydrogen) atoms. The third kappa shape index (κ3) is 2.45. The Bertz CT molecular complexity index is 620. The van der Waals surface area contributed by atoms with Crippen molar-refractivity contribution < 1.29 is 14.3 Å². The van der Waals surface area contributed by atoms with Gasteiger partial charge in [-0.05, 0) is 50.3 Å². The lowest BCUT2D eigenvalue weighted by atomic mass is 9.95. The van der Waals surface area contributed by atoms with Crippen LogP contribution in [0.1, 0.15) is 32.3 Å². The minimum absolute atomic E-state index is 0.247. The zero-order valence-corrected chi connectivity index (χ0v) is 13.3. The van der Waals surface area contributed by atoms with Crippen molar-refractivity contribution >= 4 is 17.5 Å². The number of hydrogen-bond donors (Lipinski definition) is 1. The standard InChI is InChI=1S/C17H22N2O3/c1-11-6-8-19(9-7-11)16(21)17(3)15(20)18-13-10-12(2)4-5-14(13)22-17/h4-5,10-11H,6-9H2,1-3H3,(H,18,20). The van der Waals surface area contributed by atoms with Crippen LogP contribution in [0, 0.1) is 12.8 Å². The van der Waals surface area contributed by atoms with Crippen molar-refractivity contribution in [1.29, 1.82) is 0 Å². The summed E-state index contributed by atoms with van der Waals surface area (Å²) in [7, 11) is 0. The van der Waals surface area contributed by atoms with Gasteiger partial charge in [0.1, 0.15) is 5.75 Å². The van der Waals surface area contributed by atoms with Gasteiger partial charge in [-0.25, -0.2) is 0 Å². The molecule has 0 saturated carbocycles. The highest BCUT2D eigenvalue weighted by Gasteiger charge is 2.49. The number of nitrogens with zero attached hydrogens (tertiary/aromatic N) is 1. The molecular formula is C17H22N2O3. The predicted octanol–water partition coefficient (Wildman–Crippen LogP) is 2.34. The van der Waals surface area contributed by atoms with Crippen molar-refractivity contribution in [3.63, 3.8) is 0 Å². The SMILES string of the molecule is Cc1ccc2c(c1)NC(=O)C(C)(C(=O)N1CCC(C)CC1)O2. The first-order chi connectivity index (χ1) is 10.4. The lowest BCUT2D eigenvalue weighted by molar-refractivity contribution is -0.155. The molecule has 5 heteroatoms. The first-order valence-electron chi connectivity index (χ1n) is 7.80. The molecule has 2 heterocycles. The molecule has 0 aliphatic carbocycles. The lowest BCUT2D eigenvalue weighted by Gasteiger charge is -2.39. The molecule has 0 radical (unpaired) electrons. The molecule has 5 nitrogen and oxygen atoms in total. The first kappa shape index (κ1) is 14.9. The fourth-order valence-electron chi connectivity index (χ4n) is 2.99. The van der Waals surface area contributed by atoms with Gasteiger partial charge in [0.25, 0.3) is 17.4 Å². The number of anilines is 1. The molecule has 1 aromatic carbocycles. The molecule has 1 fully saturated rings. The van der Waals surface area contributed by atoms with Crippen LogP contribution in [0.2, 0.25) is 0 Å². The average Bonchev–Trinajstić information content (AvgIpc) is 2.49. The van der Waals surface area contributed by atoms with E-state index < -0.39 is 11.5 Å². The number of amides is 2. The van der Waals surface area contributed by atoms with Gasteiger partial charge in [0.05, 0.1) is 5.69 Å². The van der Waals surface area contributed by atoms with E-state index >= 15 is 0 Å². The second-order valence-electron chi connectivity index (χ2n) is 6.56. The Morgan fingerprint density at radius 1 is 1.36 bits per heavy atom. The number of rotatable bonds is 1. The van der Waals surface area contributed by atoms with Crippen molar-refractivity contribution in [2.24, 2.45) is 5.92 Å². The van der Waals surface area contributed by atoms with Crippen LogP contribution in [-0.2, 0) is 9.59 Å². The van der Waals surface area contributed by atoms with Crippen LogP contribution in [-0.4, -0.2) is 35.4 Å². The Morgan fingerprint density at radius 2 is 2.05 bits per heavy atom. The number of fused-ring (bicyclic) bond motifs is 1. The number of piperidine rings is 1. The van der Waals surface area contributed by atoms with Crippen molar-refractivity contribution in [2.45, 2.75) is 39.2 Å². The fourth-order valence-corrected chi connectivity index (χ4v) is 2.99. The van der Waals surface area contributed by atoms with Crippen LogP contribution in [0.3, 0.4) is 0 Å². The second-order valence-corrected chi connectivity index (χ2v) is 6.56. The number of hydrogen-bond acceptors (Lipinski definition) is 3. The summed E-state index contributed by atoms with van der Waals surface area (Å²) in [6.45, 7) is 7.07. The van der Waals surface area contributed by atoms with E-state index in [1.165, 1.54) is 0 Å². The quantitative estimate of drug-likeness (QED) is 0.810. The number of carbonyl (C=O) groups excluding carboxylic acids is 2. The van der Waals surface area contributed by atoms with Gasteiger partial charge in [-0.3, -0.25) is 9.59 Å². The van der Waals surface area contributed by atoms with E-state index in [1.807, 2.05) is 19.1 Å². The van der Waals surface area contributed by atoms with E-state index in [1.54, 1.807) is 17.9 Å². The van der Waals surface area contributed by atoms with Crippen LogP contribution in [0.4, 0.5) is 5.69 Å². The number of carbonyl (C=O) groups is 2. The Hall–Kier alpha value is -2.04. The largest absolute Gasteiger partial charge is 0.466 e. The molecule has 0 bridgehead atoms. The summed E-state index contributed by atoms with van der Waals surface area (Å²) in [5.74, 6) is 0.533.